The van der Waals surface area contributed by atoms with E-state index in [-0.39, 0.29) is 17.5 Å². The predicted octanol–water partition coefficient (Wildman–Crippen LogP) is 3.43. The first-order valence-corrected chi connectivity index (χ1v) is 7.44. The van der Waals surface area contributed by atoms with E-state index >= 15 is 0 Å². The molecule has 0 saturated heterocycles. The van der Waals surface area contributed by atoms with Gasteiger partial charge in [0.2, 0.25) is 0 Å². The number of hydrazone groups is 1. The number of oxazole rings is 1. The summed E-state index contributed by atoms with van der Waals surface area (Å²) in [5, 5.41) is 16.2. The molecule has 3 aromatic rings. The molecule has 0 saturated carbocycles. The third kappa shape index (κ3) is 2.59. The van der Waals surface area contributed by atoms with Crippen molar-refractivity contribution in [3.8, 4) is 17.6 Å². The van der Waals surface area contributed by atoms with Crippen LogP contribution in [0.5, 0.6) is 5.95 Å². The van der Waals surface area contributed by atoms with Gasteiger partial charge in [0.15, 0.2) is 11.5 Å². The Kier molecular flexibility index (Phi) is 3.34. The average molecular weight is 309 g/mol. The van der Waals surface area contributed by atoms with E-state index in [0.717, 1.165) is 25.1 Å². The number of hydrogen-bond acceptors (Lipinski definition) is 6. The van der Waals surface area contributed by atoms with Crippen LogP contribution in [0.25, 0.3) is 11.7 Å². The van der Waals surface area contributed by atoms with Crippen molar-refractivity contribution in [3.05, 3.63) is 53.9 Å². The van der Waals surface area contributed by atoms with Gasteiger partial charge < -0.3 is 13.9 Å². The summed E-state index contributed by atoms with van der Waals surface area (Å²) >= 11 is 0. The summed E-state index contributed by atoms with van der Waals surface area (Å²) in [6.45, 7) is 0.831. The lowest BCUT2D eigenvalue weighted by Crippen LogP contribution is -2.24. The first-order chi connectivity index (χ1) is 11.3. The first kappa shape index (κ1) is 13.6. The van der Waals surface area contributed by atoms with Crippen molar-refractivity contribution < 1.29 is 13.9 Å². The standard InChI is InChI=1S/C17H15N3O3/c21-17-13(19-16(23-17)15-8-4-10-22-15)11-18-20-9-3-6-12-5-1-2-7-14(12)20/h1-2,4-5,7-8,10-11,21H,3,6,9H2. The second-order valence-corrected chi connectivity index (χ2v) is 5.29. The van der Waals surface area contributed by atoms with E-state index in [9.17, 15) is 5.11 Å². The lowest BCUT2D eigenvalue weighted by molar-refractivity contribution is 0.333. The topological polar surface area (TPSA) is 75.0 Å². The van der Waals surface area contributed by atoms with Gasteiger partial charge in [0, 0.05) is 6.54 Å². The predicted molar refractivity (Wildman–Crippen MR) is 85.6 cm³/mol. The maximum Gasteiger partial charge on any atom is 0.312 e. The minimum absolute atomic E-state index is 0.230. The Morgan fingerprint density at radius 2 is 2.13 bits per heavy atom. The normalized spacial score (nSPS) is 14.3. The summed E-state index contributed by atoms with van der Waals surface area (Å²) in [6.07, 6.45) is 5.12. The van der Waals surface area contributed by atoms with Crippen LogP contribution in [0.4, 0.5) is 5.69 Å². The van der Waals surface area contributed by atoms with Crippen molar-refractivity contribution >= 4 is 11.9 Å². The molecule has 2 aromatic heterocycles. The van der Waals surface area contributed by atoms with Gasteiger partial charge in [0.25, 0.3) is 5.89 Å². The first-order valence-electron chi connectivity index (χ1n) is 7.44. The highest BCUT2D eigenvalue weighted by Crippen LogP contribution is 2.28. The van der Waals surface area contributed by atoms with E-state index in [0.29, 0.717) is 5.76 Å². The lowest BCUT2D eigenvalue weighted by atomic mass is 10.0. The SMILES string of the molecule is Oc1oc(-c2ccco2)nc1C=NN1CCCc2ccccc21. The number of fused-ring (bicyclic) bond motifs is 1. The van der Waals surface area contributed by atoms with Crippen LogP contribution in [-0.2, 0) is 6.42 Å². The Labute approximate surface area is 132 Å². The van der Waals surface area contributed by atoms with E-state index in [1.807, 2.05) is 23.2 Å². The van der Waals surface area contributed by atoms with Gasteiger partial charge in [0.1, 0.15) is 0 Å². The number of para-hydroxylation sites is 1. The summed E-state index contributed by atoms with van der Waals surface area (Å²) in [4.78, 5) is 4.21. The summed E-state index contributed by atoms with van der Waals surface area (Å²) < 4.78 is 10.4. The number of aromatic hydroxyl groups is 1. The van der Waals surface area contributed by atoms with Crippen LogP contribution >= 0.6 is 0 Å². The van der Waals surface area contributed by atoms with Gasteiger partial charge in [-0.1, -0.05) is 18.2 Å². The van der Waals surface area contributed by atoms with E-state index in [1.54, 1.807) is 12.1 Å². The summed E-state index contributed by atoms with van der Waals surface area (Å²) in [6, 6.07) is 11.6. The number of aromatic nitrogens is 1. The van der Waals surface area contributed by atoms with E-state index < -0.39 is 0 Å². The molecule has 0 bridgehead atoms. The third-order valence-corrected chi connectivity index (χ3v) is 3.77. The molecule has 0 fully saturated rings. The number of hydrogen-bond donors (Lipinski definition) is 1. The Morgan fingerprint density at radius 1 is 1.22 bits per heavy atom. The number of nitrogens with zero attached hydrogens (tertiary/aromatic N) is 3. The summed E-state index contributed by atoms with van der Waals surface area (Å²) in [5.74, 6) is 0.418. The molecule has 0 unspecified atom stereocenters. The number of furan rings is 1. The molecule has 23 heavy (non-hydrogen) atoms. The number of aryl methyl sites for hydroxylation is 1. The zero-order valence-electron chi connectivity index (χ0n) is 12.3. The highest BCUT2D eigenvalue weighted by molar-refractivity contribution is 5.81. The second kappa shape index (κ2) is 5.64. The van der Waals surface area contributed by atoms with Gasteiger partial charge >= 0.3 is 5.95 Å². The summed E-state index contributed by atoms with van der Waals surface area (Å²) in [5.41, 5.74) is 2.64. The van der Waals surface area contributed by atoms with Crippen molar-refractivity contribution in [3.63, 3.8) is 0 Å². The highest BCUT2D eigenvalue weighted by atomic mass is 16.5. The zero-order chi connectivity index (χ0) is 15.6. The number of rotatable bonds is 3. The summed E-state index contributed by atoms with van der Waals surface area (Å²) in [7, 11) is 0. The molecule has 0 spiro atoms. The van der Waals surface area contributed by atoms with Gasteiger partial charge in [0.05, 0.1) is 18.2 Å². The molecule has 1 aliphatic rings. The Morgan fingerprint density at radius 3 is 3.00 bits per heavy atom. The lowest BCUT2D eigenvalue weighted by Gasteiger charge is -2.26. The van der Waals surface area contributed by atoms with Crippen LogP contribution in [0, 0.1) is 0 Å². The van der Waals surface area contributed by atoms with E-state index in [4.69, 9.17) is 8.83 Å². The third-order valence-electron chi connectivity index (χ3n) is 3.77. The smallest absolute Gasteiger partial charge is 0.312 e. The Bertz CT molecular complexity index is 837. The molecular weight excluding hydrogens is 294 g/mol. The van der Waals surface area contributed by atoms with Gasteiger partial charge in [-0.3, -0.25) is 5.01 Å². The van der Waals surface area contributed by atoms with E-state index in [2.05, 4.69) is 16.2 Å². The van der Waals surface area contributed by atoms with Crippen molar-refractivity contribution in [1.29, 1.82) is 0 Å². The molecule has 0 aliphatic carbocycles. The number of anilines is 1. The van der Waals surface area contributed by atoms with Crippen molar-refractivity contribution in [2.45, 2.75) is 12.8 Å². The van der Waals surface area contributed by atoms with Crippen LogP contribution in [0.2, 0.25) is 0 Å². The molecule has 0 atom stereocenters. The molecule has 6 heteroatoms. The largest absolute Gasteiger partial charge is 0.479 e. The Balaban J connectivity index is 1.60. The zero-order valence-corrected chi connectivity index (χ0v) is 12.3. The molecule has 0 amide bonds. The van der Waals surface area contributed by atoms with Gasteiger partial charge in [-0.15, -0.1) is 0 Å². The van der Waals surface area contributed by atoms with Gasteiger partial charge in [-0.05, 0) is 36.6 Å². The van der Waals surface area contributed by atoms with Crippen LogP contribution in [0.15, 0.2) is 56.6 Å². The molecule has 1 aliphatic heterocycles. The second-order valence-electron chi connectivity index (χ2n) is 5.29. The van der Waals surface area contributed by atoms with Crippen LogP contribution < -0.4 is 5.01 Å². The van der Waals surface area contributed by atoms with Crippen molar-refractivity contribution in [2.75, 3.05) is 11.6 Å². The Hall–Kier alpha value is -3.02. The van der Waals surface area contributed by atoms with Gasteiger partial charge in [-0.2, -0.15) is 5.10 Å². The van der Waals surface area contributed by atoms with Crippen LogP contribution in [0.3, 0.4) is 0 Å². The van der Waals surface area contributed by atoms with Crippen LogP contribution in [-0.4, -0.2) is 22.8 Å². The molecule has 6 nitrogen and oxygen atoms in total. The fraction of sp³-hybridized carbons (Fsp3) is 0.176. The van der Waals surface area contributed by atoms with Gasteiger partial charge in [-0.25, -0.2) is 4.98 Å². The molecule has 116 valence electrons. The number of benzene rings is 1. The highest BCUT2D eigenvalue weighted by Gasteiger charge is 2.17. The molecule has 1 aromatic carbocycles. The molecular formula is C17H15N3O3. The quantitative estimate of drug-likeness (QED) is 0.750. The van der Waals surface area contributed by atoms with E-state index in [1.165, 1.54) is 18.0 Å². The molecule has 4 rings (SSSR count). The maximum absolute atomic E-state index is 9.87. The van der Waals surface area contributed by atoms with Crippen molar-refractivity contribution in [2.24, 2.45) is 5.10 Å². The van der Waals surface area contributed by atoms with Crippen molar-refractivity contribution in [1.82, 2.24) is 4.98 Å². The minimum Gasteiger partial charge on any atom is -0.479 e. The molecule has 0 radical (unpaired) electrons. The maximum atomic E-state index is 9.87. The minimum atomic E-state index is -0.273. The molecule has 1 N–H and O–H groups in total. The fourth-order valence-electron chi connectivity index (χ4n) is 2.67. The van der Waals surface area contributed by atoms with Crippen LogP contribution in [0.1, 0.15) is 17.7 Å². The monoisotopic (exact) mass is 309 g/mol. The fourth-order valence-corrected chi connectivity index (χ4v) is 2.67. The molecule has 3 heterocycles. The average Bonchev–Trinajstić information content (AvgIpc) is 3.22.